The molecule has 0 saturated carbocycles. The number of amides is 2. The molecule has 1 N–H and O–H groups in total. The van der Waals surface area contributed by atoms with Crippen LogP contribution in [0.5, 0.6) is 0 Å². The third kappa shape index (κ3) is 2.23. The molecule has 6 nitrogen and oxygen atoms in total. The van der Waals surface area contributed by atoms with Crippen LogP contribution in [0.3, 0.4) is 0 Å². The lowest BCUT2D eigenvalue weighted by Gasteiger charge is -2.32. The van der Waals surface area contributed by atoms with Crippen LogP contribution in [0.25, 0.3) is 5.69 Å². The summed E-state index contributed by atoms with van der Waals surface area (Å²) in [6.07, 6.45) is 1.68. The molecule has 5 rings (SSSR count). The molecule has 1 aromatic heterocycles. The molecule has 2 aromatic carbocycles. The van der Waals surface area contributed by atoms with Crippen molar-refractivity contribution in [1.29, 1.82) is 0 Å². The second-order valence-corrected chi connectivity index (χ2v) is 8.30. The molecule has 3 aromatic rings. The second kappa shape index (κ2) is 5.93. The van der Waals surface area contributed by atoms with Crippen LogP contribution in [0.2, 0.25) is 5.02 Å². The Morgan fingerprint density at radius 3 is 2.64 bits per heavy atom. The molecular weight excluding hydrogens is 444 g/mol. The van der Waals surface area contributed by atoms with Gasteiger partial charge in [0.15, 0.2) is 0 Å². The summed E-state index contributed by atoms with van der Waals surface area (Å²) in [7, 11) is 1.72. The number of carbonyl (C=O) groups excluding carboxylic acids is 2. The molecule has 2 aliphatic rings. The van der Waals surface area contributed by atoms with E-state index in [1.807, 2.05) is 30.3 Å². The first kappa shape index (κ1) is 17.5. The van der Waals surface area contributed by atoms with E-state index in [9.17, 15) is 9.59 Å². The molecule has 0 saturated heterocycles. The number of fused-ring (bicyclic) bond motifs is 4. The van der Waals surface area contributed by atoms with Crippen molar-refractivity contribution in [3.05, 3.63) is 69.3 Å². The first-order valence-corrected chi connectivity index (χ1v) is 9.81. The molecule has 0 radical (unpaired) electrons. The maximum atomic E-state index is 13.4. The lowest BCUT2D eigenvalue weighted by Crippen LogP contribution is -2.45. The average molecular weight is 458 g/mol. The first-order valence-electron chi connectivity index (χ1n) is 8.64. The molecule has 0 aliphatic carbocycles. The summed E-state index contributed by atoms with van der Waals surface area (Å²) < 4.78 is 2.59. The molecular formula is C20H14BrClN4O2. The molecule has 3 heterocycles. The highest BCUT2D eigenvalue weighted by molar-refractivity contribution is 9.10. The van der Waals surface area contributed by atoms with E-state index in [-0.39, 0.29) is 18.2 Å². The van der Waals surface area contributed by atoms with Crippen molar-refractivity contribution in [2.45, 2.75) is 11.8 Å². The van der Waals surface area contributed by atoms with Gasteiger partial charge in [-0.05, 0) is 48.0 Å². The van der Waals surface area contributed by atoms with E-state index in [4.69, 9.17) is 11.6 Å². The Kier molecular flexibility index (Phi) is 3.70. The zero-order valence-corrected chi connectivity index (χ0v) is 17.1. The summed E-state index contributed by atoms with van der Waals surface area (Å²) in [5.41, 5.74) is 1.82. The normalized spacial score (nSPS) is 20.3. The second-order valence-electron chi connectivity index (χ2n) is 6.95. The van der Waals surface area contributed by atoms with E-state index in [1.54, 1.807) is 35.0 Å². The molecule has 1 atom stereocenters. The standard InChI is InChI=1S/C20H14BrClN4O2/c1-25-16-7-4-12(22)8-14(16)20(19(25)28)9-17(27)24-18-15(20)10-23-26(18)13-5-2-11(21)3-6-13/h2-8,10H,9H2,1H3,(H,24,27)/t20-/m1/s1. The van der Waals surface area contributed by atoms with E-state index >= 15 is 0 Å². The number of benzene rings is 2. The SMILES string of the molecule is CN1C(=O)[C@]2(CC(=O)Nc3c2cnn3-c2ccc(Br)cc2)c2cc(Cl)ccc21. The van der Waals surface area contributed by atoms with Crippen molar-refractivity contribution in [2.24, 2.45) is 0 Å². The molecule has 0 bridgehead atoms. The number of hydrogen-bond acceptors (Lipinski definition) is 3. The summed E-state index contributed by atoms with van der Waals surface area (Å²) in [5, 5.41) is 7.91. The van der Waals surface area contributed by atoms with Crippen molar-refractivity contribution in [3.8, 4) is 5.69 Å². The van der Waals surface area contributed by atoms with Gasteiger partial charge in [-0.15, -0.1) is 0 Å². The number of anilines is 2. The van der Waals surface area contributed by atoms with Gasteiger partial charge in [0, 0.05) is 34.2 Å². The summed E-state index contributed by atoms with van der Waals surface area (Å²) in [6.45, 7) is 0. The van der Waals surface area contributed by atoms with Gasteiger partial charge < -0.3 is 10.2 Å². The van der Waals surface area contributed by atoms with E-state index < -0.39 is 5.41 Å². The minimum Gasteiger partial charge on any atom is -0.314 e. The van der Waals surface area contributed by atoms with E-state index in [1.165, 1.54) is 0 Å². The Morgan fingerprint density at radius 1 is 1.14 bits per heavy atom. The summed E-state index contributed by atoms with van der Waals surface area (Å²) in [5.74, 6) is 0.116. The first-order chi connectivity index (χ1) is 13.4. The molecule has 2 aliphatic heterocycles. The van der Waals surface area contributed by atoms with Crippen LogP contribution in [0, 0.1) is 0 Å². The quantitative estimate of drug-likeness (QED) is 0.603. The average Bonchev–Trinajstić information content (AvgIpc) is 3.17. The predicted molar refractivity (Wildman–Crippen MR) is 110 cm³/mol. The Morgan fingerprint density at radius 2 is 1.89 bits per heavy atom. The molecule has 8 heteroatoms. The smallest absolute Gasteiger partial charge is 0.242 e. The van der Waals surface area contributed by atoms with Crippen molar-refractivity contribution in [1.82, 2.24) is 9.78 Å². The van der Waals surface area contributed by atoms with Gasteiger partial charge in [0.05, 0.1) is 11.9 Å². The van der Waals surface area contributed by atoms with Gasteiger partial charge in [-0.25, -0.2) is 4.68 Å². The number of hydrogen-bond donors (Lipinski definition) is 1. The molecule has 28 heavy (non-hydrogen) atoms. The topological polar surface area (TPSA) is 67.2 Å². The highest BCUT2D eigenvalue weighted by atomic mass is 79.9. The van der Waals surface area contributed by atoms with Gasteiger partial charge in [-0.3, -0.25) is 9.59 Å². The number of aromatic nitrogens is 2. The Labute approximate surface area is 174 Å². The number of carbonyl (C=O) groups is 2. The Hall–Kier alpha value is -2.64. The van der Waals surface area contributed by atoms with Crippen LogP contribution in [0.4, 0.5) is 11.5 Å². The van der Waals surface area contributed by atoms with Crippen LogP contribution >= 0.6 is 27.5 Å². The van der Waals surface area contributed by atoms with Crippen molar-refractivity contribution in [2.75, 3.05) is 17.3 Å². The van der Waals surface area contributed by atoms with Crippen LogP contribution in [-0.4, -0.2) is 28.6 Å². The lowest BCUT2D eigenvalue weighted by atomic mass is 9.72. The summed E-state index contributed by atoms with van der Waals surface area (Å²) >= 11 is 9.66. The number of nitrogens with one attached hydrogen (secondary N) is 1. The van der Waals surface area contributed by atoms with Crippen molar-refractivity contribution >= 4 is 50.9 Å². The molecule has 2 amide bonds. The minimum atomic E-state index is -1.12. The fraction of sp³-hybridized carbons (Fsp3) is 0.150. The third-order valence-electron chi connectivity index (χ3n) is 5.43. The number of likely N-dealkylation sites (N-methyl/N-ethyl adjacent to an activating group) is 1. The third-order valence-corrected chi connectivity index (χ3v) is 6.20. The summed E-state index contributed by atoms with van der Waals surface area (Å²) in [6, 6.07) is 12.9. The largest absolute Gasteiger partial charge is 0.314 e. The fourth-order valence-corrected chi connectivity index (χ4v) is 4.59. The Bertz CT molecular complexity index is 1160. The highest BCUT2D eigenvalue weighted by Gasteiger charge is 2.56. The molecule has 1 spiro atoms. The molecule has 140 valence electrons. The van der Waals surface area contributed by atoms with Gasteiger partial charge in [-0.2, -0.15) is 5.10 Å². The lowest BCUT2D eigenvalue weighted by molar-refractivity contribution is -0.126. The van der Waals surface area contributed by atoms with Crippen molar-refractivity contribution < 1.29 is 9.59 Å². The van der Waals surface area contributed by atoms with Crippen LogP contribution in [0.15, 0.2) is 53.1 Å². The van der Waals surface area contributed by atoms with E-state index in [0.717, 1.165) is 21.4 Å². The monoisotopic (exact) mass is 456 g/mol. The Balaban J connectivity index is 1.78. The molecule has 0 unspecified atom stereocenters. The van der Waals surface area contributed by atoms with Gasteiger partial charge in [0.25, 0.3) is 0 Å². The molecule has 0 fully saturated rings. The van der Waals surface area contributed by atoms with Crippen LogP contribution in [0.1, 0.15) is 17.5 Å². The maximum absolute atomic E-state index is 13.4. The van der Waals surface area contributed by atoms with Crippen molar-refractivity contribution in [3.63, 3.8) is 0 Å². The highest BCUT2D eigenvalue weighted by Crippen LogP contribution is 2.52. The minimum absolute atomic E-state index is 0.0164. The van der Waals surface area contributed by atoms with E-state index in [0.29, 0.717) is 16.4 Å². The maximum Gasteiger partial charge on any atom is 0.242 e. The van der Waals surface area contributed by atoms with Crippen LogP contribution < -0.4 is 10.2 Å². The summed E-state index contributed by atoms with van der Waals surface area (Å²) in [4.78, 5) is 27.7. The zero-order valence-electron chi connectivity index (χ0n) is 14.7. The number of rotatable bonds is 1. The van der Waals surface area contributed by atoms with Crippen LogP contribution in [-0.2, 0) is 15.0 Å². The van der Waals surface area contributed by atoms with Gasteiger partial charge in [0.2, 0.25) is 11.8 Å². The predicted octanol–water partition coefficient (Wildman–Crippen LogP) is 3.89. The van der Waals surface area contributed by atoms with Gasteiger partial charge >= 0.3 is 0 Å². The van der Waals surface area contributed by atoms with Gasteiger partial charge in [-0.1, -0.05) is 27.5 Å². The zero-order chi connectivity index (χ0) is 19.6. The fourth-order valence-electron chi connectivity index (χ4n) is 4.16. The number of nitrogens with zero attached hydrogens (tertiary/aromatic N) is 3. The number of halogens is 2. The van der Waals surface area contributed by atoms with E-state index in [2.05, 4.69) is 26.3 Å². The van der Waals surface area contributed by atoms with Gasteiger partial charge in [0.1, 0.15) is 11.2 Å².